The third-order valence-corrected chi connectivity index (χ3v) is 4.85. The fourth-order valence-corrected chi connectivity index (χ4v) is 3.33. The Morgan fingerprint density at radius 1 is 1.55 bits per heavy atom. The number of rotatable bonds is 6. The van der Waals surface area contributed by atoms with Gasteiger partial charge in [-0.25, -0.2) is 4.98 Å². The Morgan fingerprint density at radius 3 is 3.20 bits per heavy atom. The van der Waals surface area contributed by atoms with Gasteiger partial charge in [0, 0.05) is 29.9 Å². The molecule has 0 bridgehead atoms. The average Bonchev–Trinajstić information content (AvgIpc) is 3.13. The van der Waals surface area contributed by atoms with Gasteiger partial charge in [-0.3, -0.25) is 14.0 Å². The van der Waals surface area contributed by atoms with Gasteiger partial charge in [0.25, 0.3) is 5.56 Å². The van der Waals surface area contributed by atoms with E-state index >= 15 is 0 Å². The van der Waals surface area contributed by atoms with E-state index in [9.17, 15) is 9.59 Å². The number of nitrogens with one attached hydrogen (secondary N) is 1. The van der Waals surface area contributed by atoms with Crippen molar-refractivity contribution in [3.05, 3.63) is 33.7 Å². The Morgan fingerprint density at radius 2 is 2.40 bits per heavy atom. The molecular formula is C13H15N3O2S2. The Labute approximate surface area is 124 Å². The van der Waals surface area contributed by atoms with Gasteiger partial charge in [-0.05, 0) is 18.8 Å². The number of fused-ring (bicyclic) bond motifs is 1. The van der Waals surface area contributed by atoms with Crippen LogP contribution in [0.3, 0.4) is 0 Å². The van der Waals surface area contributed by atoms with Crippen LogP contribution in [-0.4, -0.2) is 27.6 Å². The summed E-state index contributed by atoms with van der Waals surface area (Å²) in [5.74, 6) is 1.77. The first-order valence-corrected chi connectivity index (χ1v) is 8.56. The van der Waals surface area contributed by atoms with Gasteiger partial charge >= 0.3 is 0 Å². The Bertz CT molecular complexity index is 676. The van der Waals surface area contributed by atoms with Gasteiger partial charge in [0.1, 0.15) is 0 Å². The zero-order valence-corrected chi connectivity index (χ0v) is 12.5. The van der Waals surface area contributed by atoms with E-state index in [0.717, 1.165) is 12.2 Å². The maximum Gasteiger partial charge on any atom is 0.258 e. The Balaban J connectivity index is 1.51. The summed E-state index contributed by atoms with van der Waals surface area (Å²) < 4.78 is 1.53. The molecule has 0 unspecified atom stereocenters. The molecule has 0 atom stereocenters. The second-order valence-electron chi connectivity index (χ2n) is 4.88. The molecule has 0 aromatic carbocycles. The van der Waals surface area contributed by atoms with E-state index < -0.39 is 0 Å². The topological polar surface area (TPSA) is 63.5 Å². The van der Waals surface area contributed by atoms with Crippen LogP contribution in [0.2, 0.25) is 0 Å². The van der Waals surface area contributed by atoms with Crippen LogP contribution in [0.4, 0.5) is 0 Å². The van der Waals surface area contributed by atoms with E-state index in [1.807, 2.05) is 5.38 Å². The predicted molar refractivity (Wildman–Crippen MR) is 81.2 cm³/mol. The first-order chi connectivity index (χ1) is 9.72. The number of carbonyl (C=O) groups is 1. The molecule has 2 aromatic heterocycles. The maximum atomic E-state index is 11.8. The molecule has 0 saturated heterocycles. The van der Waals surface area contributed by atoms with E-state index in [4.69, 9.17) is 0 Å². The minimum absolute atomic E-state index is 0.0648. The van der Waals surface area contributed by atoms with Crippen molar-refractivity contribution in [3.63, 3.8) is 0 Å². The zero-order valence-electron chi connectivity index (χ0n) is 10.9. The molecular weight excluding hydrogens is 294 g/mol. The smallest absolute Gasteiger partial charge is 0.258 e. The molecule has 7 heteroatoms. The third-order valence-electron chi connectivity index (χ3n) is 3.12. The minimum atomic E-state index is -0.0648. The largest absolute Gasteiger partial charge is 0.355 e. The van der Waals surface area contributed by atoms with Crippen LogP contribution >= 0.6 is 23.1 Å². The number of aromatic nitrogens is 2. The molecule has 3 rings (SSSR count). The maximum absolute atomic E-state index is 11.8. The van der Waals surface area contributed by atoms with Gasteiger partial charge in [-0.1, -0.05) is 0 Å². The summed E-state index contributed by atoms with van der Waals surface area (Å²) in [5, 5.41) is 4.76. The molecule has 0 spiro atoms. The van der Waals surface area contributed by atoms with Crippen LogP contribution in [0, 0.1) is 5.92 Å². The zero-order chi connectivity index (χ0) is 13.9. The first-order valence-electron chi connectivity index (χ1n) is 6.52. The van der Waals surface area contributed by atoms with Crippen LogP contribution in [0.1, 0.15) is 18.5 Å². The van der Waals surface area contributed by atoms with Gasteiger partial charge in [-0.2, -0.15) is 0 Å². The highest BCUT2D eigenvalue weighted by atomic mass is 32.2. The summed E-state index contributed by atoms with van der Waals surface area (Å²) in [5.41, 5.74) is 0.669. The molecule has 20 heavy (non-hydrogen) atoms. The lowest BCUT2D eigenvalue weighted by molar-refractivity contribution is -0.118. The molecule has 1 N–H and O–H groups in total. The second-order valence-corrected chi connectivity index (χ2v) is 6.74. The summed E-state index contributed by atoms with van der Waals surface area (Å²) in [6.45, 7) is 0.806. The van der Waals surface area contributed by atoms with Gasteiger partial charge in [-0.15, -0.1) is 23.1 Å². The van der Waals surface area contributed by atoms with E-state index in [2.05, 4.69) is 10.3 Å². The fourth-order valence-electron chi connectivity index (χ4n) is 1.84. The first kappa shape index (κ1) is 13.6. The Hall–Kier alpha value is -1.34. The summed E-state index contributed by atoms with van der Waals surface area (Å²) in [4.78, 5) is 28.5. The monoisotopic (exact) mass is 309 g/mol. The molecule has 2 aromatic rings. The summed E-state index contributed by atoms with van der Waals surface area (Å²) in [7, 11) is 0. The number of hydrogen-bond donors (Lipinski definition) is 1. The highest BCUT2D eigenvalue weighted by molar-refractivity contribution is 7.99. The van der Waals surface area contributed by atoms with Crippen LogP contribution in [-0.2, 0) is 10.5 Å². The molecule has 1 fully saturated rings. The highest BCUT2D eigenvalue weighted by Crippen LogP contribution is 2.27. The molecule has 1 saturated carbocycles. The van der Waals surface area contributed by atoms with E-state index in [1.54, 1.807) is 6.20 Å². The summed E-state index contributed by atoms with van der Waals surface area (Å²) in [6.07, 6.45) is 4.20. The molecule has 106 valence electrons. The molecule has 0 radical (unpaired) electrons. The lowest BCUT2D eigenvalue weighted by atomic mass is 10.4. The quantitative estimate of drug-likeness (QED) is 0.878. The van der Waals surface area contributed by atoms with Gasteiger partial charge in [0.15, 0.2) is 4.96 Å². The Kier molecular flexibility index (Phi) is 4.07. The number of hydrogen-bond acceptors (Lipinski definition) is 5. The van der Waals surface area contributed by atoms with Crippen molar-refractivity contribution < 1.29 is 4.79 Å². The molecule has 5 nitrogen and oxygen atoms in total. The van der Waals surface area contributed by atoms with Crippen molar-refractivity contribution in [3.8, 4) is 0 Å². The van der Waals surface area contributed by atoms with E-state index in [0.29, 0.717) is 22.4 Å². The highest BCUT2D eigenvalue weighted by Gasteiger charge is 2.21. The molecule has 1 aliphatic carbocycles. The van der Waals surface area contributed by atoms with Crippen LogP contribution < -0.4 is 10.9 Å². The molecule has 2 heterocycles. The van der Waals surface area contributed by atoms with Gasteiger partial charge in [0.05, 0.1) is 11.4 Å². The van der Waals surface area contributed by atoms with Crippen LogP contribution in [0.25, 0.3) is 4.96 Å². The fraction of sp³-hybridized carbons (Fsp3) is 0.462. The average molecular weight is 309 g/mol. The van der Waals surface area contributed by atoms with Crippen molar-refractivity contribution in [2.45, 2.75) is 18.6 Å². The number of thiazole rings is 1. The lowest BCUT2D eigenvalue weighted by Crippen LogP contribution is -2.27. The van der Waals surface area contributed by atoms with Crippen molar-refractivity contribution in [2.75, 3.05) is 12.3 Å². The summed E-state index contributed by atoms with van der Waals surface area (Å²) in [6, 6.07) is 1.54. The van der Waals surface area contributed by atoms with Crippen LogP contribution in [0.5, 0.6) is 0 Å². The van der Waals surface area contributed by atoms with Crippen LogP contribution in [0.15, 0.2) is 22.4 Å². The predicted octanol–water partition coefficient (Wildman–Crippen LogP) is 1.52. The number of thioether (sulfide) groups is 1. The lowest BCUT2D eigenvalue weighted by Gasteiger charge is -2.04. The van der Waals surface area contributed by atoms with Crippen molar-refractivity contribution in [1.29, 1.82) is 0 Å². The minimum Gasteiger partial charge on any atom is -0.355 e. The van der Waals surface area contributed by atoms with Gasteiger partial charge in [0.2, 0.25) is 5.91 Å². The standard InChI is InChI=1S/C13H15N3O2S2/c17-11(14-6-9-1-2-9)8-19-7-10-5-12(18)16-3-4-20-13(16)15-10/h3-5,9H,1-2,6-8H2,(H,14,17). The van der Waals surface area contributed by atoms with Crippen molar-refractivity contribution in [1.82, 2.24) is 14.7 Å². The van der Waals surface area contributed by atoms with E-state index in [1.165, 1.54) is 46.4 Å². The van der Waals surface area contributed by atoms with E-state index in [-0.39, 0.29) is 11.5 Å². The van der Waals surface area contributed by atoms with Crippen molar-refractivity contribution >= 4 is 34.0 Å². The second kappa shape index (κ2) is 5.97. The molecule has 1 amide bonds. The third kappa shape index (κ3) is 3.40. The number of amides is 1. The summed E-state index contributed by atoms with van der Waals surface area (Å²) >= 11 is 2.93. The van der Waals surface area contributed by atoms with Gasteiger partial charge < -0.3 is 5.32 Å². The van der Waals surface area contributed by atoms with Crippen molar-refractivity contribution in [2.24, 2.45) is 5.92 Å². The SMILES string of the molecule is O=C(CSCc1cc(=O)n2ccsc2n1)NCC1CC1. The number of carbonyl (C=O) groups excluding carboxylic acids is 1. The normalized spacial score (nSPS) is 14.6. The number of nitrogens with zero attached hydrogens (tertiary/aromatic N) is 2. The molecule has 0 aliphatic heterocycles. The molecule has 1 aliphatic rings.